The quantitative estimate of drug-likeness (QED) is 0.394. The molecule has 0 aromatic heterocycles. The van der Waals surface area contributed by atoms with E-state index in [0.29, 0.717) is 12.1 Å². The number of rotatable bonds is 4. The number of halogens is 1. The molecule has 0 saturated heterocycles. The average Bonchev–Trinajstić information content (AvgIpc) is 2.48. The average molecular weight is 304 g/mol. The summed E-state index contributed by atoms with van der Waals surface area (Å²) < 4.78 is 0. The van der Waals surface area contributed by atoms with E-state index in [1.807, 2.05) is 61.3 Å². The van der Waals surface area contributed by atoms with E-state index in [4.69, 9.17) is 22.5 Å². The SMILES string of the molecule is Cc1cccc(/C(N)=N/O)c1N(C)Cc1ccccc1Cl. The Morgan fingerprint density at radius 3 is 2.62 bits per heavy atom. The third kappa shape index (κ3) is 3.28. The van der Waals surface area contributed by atoms with Crippen molar-refractivity contribution in [3.8, 4) is 0 Å². The number of benzene rings is 2. The van der Waals surface area contributed by atoms with E-state index >= 15 is 0 Å². The molecule has 21 heavy (non-hydrogen) atoms. The maximum atomic E-state index is 8.94. The van der Waals surface area contributed by atoms with Crippen LogP contribution in [0.4, 0.5) is 5.69 Å². The zero-order valence-corrected chi connectivity index (χ0v) is 12.8. The monoisotopic (exact) mass is 303 g/mol. The van der Waals surface area contributed by atoms with Crippen LogP contribution < -0.4 is 10.6 Å². The van der Waals surface area contributed by atoms with Crippen LogP contribution in [-0.2, 0) is 6.54 Å². The minimum atomic E-state index is 0.0970. The van der Waals surface area contributed by atoms with E-state index in [0.717, 1.165) is 21.8 Å². The summed E-state index contributed by atoms with van der Waals surface area (Å²) in [6.07, 6.45) is 0. The molecule has 0 heterocycles. The molecule has 0 bridgehead atoms. The molecule has 2 rings (SSSR count). The summed E-state index contributed by atoms with van der Waals surface area (Å²) >= 11 is 6.21. The number of nitrogens with zero attached hydrogens (tertiary/aromatic N) is 2. The van der Waals surface area contributed by atoms with Crippen molar-refractivity contribution in [2.45, 2.75) is 13.5 Å². The lowest BCUT2D eigenvalue weighted by Gasteiger charge is -2.24. The number of amidine groups is 1. The molecule has 0 aliphatic heterocycles. The number of nitrogens with two attached hydrogens (primary N) is 1. The molecule has 110 valence electrons. The third-order valence-corrected chi connectivity index (χ3v) is 3.74. The van der Waals surface area contributed by atoms with Gasteiger partial charge in [0.2, 0.25) is 0 Å². The van der Waals surface area contributed by atoms with Gasteiger partial charge < -0.3 is 15.8 Å². The molecule has 4 nitrogen and oxygen atoms in total. The highest BCUT2D eigenvalue weighted by atomic mass is 35.5. The molecular formula is C16H18ClN3O. The first kappa shape index (κ1) is 15.2. The van der Waals surface area contributed by atoms with Crippen molar-refractivity contribution in [2.75, 3.05) is 11.9 Å². The summed E-state index contributed by atoms with van der Waals surface area (Å²) in [7, 11) is 1.96. The zero-order valence-electron chi connectivity index (χ0n) is 12.0. The van der Waals surface area contributed by atoms with Crippen LogP contribution in [0.5, 0.6) is 0 Å². The topological polar surface area (TPSA) is 61.9 Å². The number of oxime groups is 1. The van der Waals surface area contributed by atoms with Gasteiger partial charge in [-0.15, -0.1) is 0 Å². The lowest BCUT2D eigenvalue weighted by atomic mass is 10.1. The fraction of sp³-hybridized carbons (Fsp3) is 0.188. The Balaban J connectivity index is 2.40. The fourth-order valence-electron chi connectivity index (χ4n) is 2.39. The van der Waals surface area contributed by atoms with Gasteiger partial charge in [-0.1, -0.05) is 47.1 Å². The van der Waals surface area contributed by atoms with Gasteiger partial charge >= 0.3 is 0 Å². The molecule has 0 radical (unpaired) electrons. The van der Waals surface area contributed by atoms with Gasteiger partial charge in [-0.3, -0.25) is 0 Å². The zero-order chi connectivity index (χ0) is 15.4. The number of hydrogen-bond donors (Lipinski definition) is 2. The second-order valence-corrected chi connectivity index (χ2v) is 5.31. The molecule has 2 aromatic rings. The lowest BCUT2D eigenvalue weighted by molar-refractivity contribution is 0.318. The summed E-state index contributed by atoms with van der Waals surface area (Å²) in [4.78, 5) is 2.05. The van der Waals surface area contributed by atoms with Crippen molar-refractivity contribution >= 4 is 23.1 Å². The van der Waals surface area contributed by atoms with Gasteiger partial charge in [0.1, 0.15) is 0 Å². The Morgan fingerprint density at radius 2 is 1.95 bits per heavy atom. The standard InChI is InChI=1S/C16H18ClN3O/c1-11-6-5-8-13(16(18)19-21)15(11)20(2)10-12-7-3-4-9-14(12)17/h3-9,21H,10H2,1-2H3,(H2,18,19). The van der Waals surface area contributed by atoms with Crippen LogP contribution in [0, 0.1) is 6.92 Å². The molecule has 5 heteroatoms. The number of anilines is 1. The van der Waals surface area contributed by atoms with Gasteiger partial charge in [0, 0.05) is 24.2 Å². The van der Waals surface area contributed by atoms with E-state index < -0.39 is 0 Å². The number of hydrogen-bond acceptors (Lipinski definition) is 3. The van der Waals surface area contributed by atoms with Crippen molar-refractivity contribution in [1.82, 2.24) is 0 Å². The molecule has 0 amide bonds. The highest BCUT2D eigenvalue weighted by Crippen LogP contribution is 2.27. The predicted octanol–water partition coefficient (Wildman–Crippen LogP) is 3.38. The Bertz CT molecular complexity index is 670. The summed E-state index contributed by atoms with van der Waals surface area (Å²) in [6, 6.07) is 13.4. The van der Waals surface area contributed by atoms with Crippen LogP contribution in [0.15, 0.2) is 47.6 Å². The molecule has 2 aromatic carbocycles. The first-order valence-electron chi connectivity index (χ1n) is 6.56. The van der Waals surface area contributed by atoms with Crippen LogP contribution in [0.2, 0.25) is 5.02 Å². The largest absolute Gasteiger partial charge is 0.409 e. The van der Waals surface area contributed by atoms with Crippen molar-refractivity contribution < 1.29 is 5.21 Å². The van der Waals surface area contributed by atoms with E-state index in [1.54, 1.807) is 0 Å². The van der Waals surface area contributed by atoms with Gasteiger partial charge in [0.15, 0.2) is 5.84 Å². The van der Waals surface area contributed by atoms with Crippen molar-refractivity contribution in [3.63, 3.8) is 0 Å². The Labute approximate surface area is 129 Å². The molecule has 0 spiro atoms. The van der Waals surface area contributed by atoms with Crippen molar-refractivity contribution in [1.29, 1.82) is 0 Å². The van der Waals surface area contributed by atoms with Crippen molar-refractivity contribution in [3.05, 3.63) is 64.2 Å². The number of para-hydroxylation sites is 1. The summed E-state index contributed by atoms with van der Waals surface area (Å²) in [5.74, 6) is 0.0970. The van der Waals surface area contributed by atoms with E-state index in [-0.39, 0.29) is 5.84 Å². The van der Waals surface area contributed by atoms with Crippen LogP contribution in [0.25, 0.3) is 0 Å². The van der Waals surface area contributed by atoms with Gasteiger partial charge in [-0.2, -0.15) is 0 Å². The lowest BCUT2D eigenvalue weighted by Crippen LogP contribution is -2.23. The van der Waals surface area contributed by atoms with Gasteiger partial charge in [-0.25, -0.2) is 0 Å². The molecule has 0 fully saturated rings. The van der Waals surface area contributed by atoms with E-state index in [2.05, 4.69) is 5.16 Å². The van der Waals surface area contributed by atoms with Gasteiger partial charge in [0.05, 0.1) is 5.69 Å². The molecule has 0 aliphatic rings. The van der Waals surface area contributed by atoms with E-state index in [1.165, 1.54) is 0 Å². The molecule has 3 N–H and O–H groups in total. The highest BCUT2D eigenvalue weighted by molar-refractivity contribution is 6.31. The summed E-state index contributed by atoms with van der Waals surface area (Å²) in [5.41, 5.74) is 9.47. The molecule has 0 saturated carbocycles. The highest BCUT2D eigenvalue weighted by Gasteiger charge is 2.14. The van der Waals surface area contributed by atoms with Crippen LogP contribution >= 0.6 is 11.6 Å². The van der Waals surface area contributed by atoms with Crippen LogP contribution in [-0.4, -0.2) is 18.1 Å². The van der Waals surface area contributed by atoms with Gasteiger partial charge in [-0.05, 0) is 30.2 Å². The van der Waals surface area contributed by atoms with E-state index in [9.17, 15) is 0 Å². The molecule has 0 aliphatic carbocycles. The predicted molar refractivity (Wildman–Crippen MR) is 87.2 cm³/mol. The second kappa shape index (κ2) is 6.50. The minimum Gasteiger partial charge on any atom is -0.409 e. The smallest absolute Gasteiger partial charge is 0.172 e. The summed E-state index contributed by atoms with van der Waals surface area (Å²) in [6.45, 7) is 2.63. The Hall–Kier alpha value is -2.20. The maximum Gasteiger partial charge on any atom is 0.172 e. The first-order valence-corrected chi connectivity index (χ1v) is 6.94. The van der Waals surface area contributed by atoms with Crippen LogP contribution in [0.1, 0.15) is 16.7 Å². The Kier molecular flexibility index (Phi) is 4.70. The second-order valence-electron chi connectivity index (χ2n) is 4.90. The molecular weight excluding hydrogens is 286 g/mol. The third-order valence-electron chi connectivity index (χ3n) is 3.37. The molecule has 0 atom stereocenters. The van der Waals surface area contributed by atoms with Crippen LogP contribution in [0.3, 0.4) is 0 Å². The maximum absolute atomic E-state index is 8.94. The fourth-order valence-corrected chi connectivity index (χ4v) is 2.58. The number of aryl methyl sites for hydroxylation is 1. The minimum absolute atomic E-state index is 0.0970. The van der Waals surface area contributed by atoms with Gasteiger partial charge in [0.25, 0.3) is 0 Å². The Morgan fingerprint density at radius 1 is 1.24 bits per heavy atom. The van der Waals surface area contributed by atoms with Crippen molar-refractivity contribution in [2.24, 2.45) is 10.9 Å². The molecule has 0 unspecified atom stereocenters. The first-order chi connectivity index (χ1) is 10.0. The summed E-state index contributed by atoms with van der Waals surface area (Å²) in [5, 5.41) is 12.8. The normalized spacial score (nSPS) is 11.5.